The number of non-ortho nitro benzene ring substituents is 2. The summed E-state index contributed by atoms with van der Waals surface area (Å²) in [6.07, 6.45) is -1.83. The van der Waals surface area contributed by atoms with Crippen LogP contribution in [0.25, 0.3) is 11.1 Å². The second-order valence-corrected chi connectivity index (χ2v) is 3.89. The van der Waals surface area contributed by atoms with Gasteiger partial charge in [0.15, 0.2) is 0 Å². The van der Waals surface area contributed by atoms with Crippen LogP contribution in [0.3, 0.4) is 0 Å². The van der Waals surface area contributed by atoms with Crippen LogP contribution in [0.4, 0.5) is 16.2 Å². The zero-order valence-electron chi connectivity index (χ0n) is 10.9. The third kappa shape index (κ3) is 4.89. The molecule has 0 radical (unpaired) electrons. The fourth-order valence-corrected chi connectivity index (χ4v) is 1.55. The minimum absolute atomic E-state index is 0.0145. The van der Waals surface area contributed by atoms with Crippen molar-refractivity contribution in [2.24, 2.45) is 0 Å². The van der Waals surface area contributed by atoms with E-state index < -0.39 is 16.0 Å². The molecular formula is C13H10N2O7. The highest BCUT2D eigenvalue weighted by Gasteiger charge is 2.07. The van der Waals surface area contributed by atoms with Crippen molar-refractivity contribution >= 4 is 17.5 Å². The molecule has 9 heteroatoms. The molecule has 0 spiro atoms. The van der Waals surface area contributed by atoms with Gasteiger partial charge in [0.05, 0.1) is 9.85 Å². The van der Waals surface area contributed by atoms with Gasteiger partial charge in [-0.2, -0.15) is 0 Å². The molecule has 0 aliphatic heterocycles. The van der Waals surface area contributed by atoms with Crippen molar-refractivity contribution in [3.63, 3.8) is 0 Å². The molecule has 0 amide bonds. The molecule has 0 saturated carbocycles. The van der Waals surface area contributed by atoms with E-state index in [1.54, 1.807) is 24.3 Å². The van der Waals surface area contributed by atoms with E-state index in [4.69, 9.17) is 15.0 Å². The molecular weight excluding hydrogens is 296 g/mol. The summed E-state index contributed by atoms with van der Waals surface area (Å²) in [7, 11) is 0. The Morgan fingerprint density at radius 2 is 0.955 bits per heavy atom. The van der Waals surface area contributed by atoms with E-state index in [2.05, 4.69) is 0 Å². The number of benzene rings is 2. The van der Waals surface area contributed by atoms with Crippen molar-refractivity contribution in [1.29, 1.82) is 0 Å². The standard InChI is InChI=1S/C12H8N2O4.CH2O3/c15-13(16)11-5-1-9(2-6-11)10-3-7-12(8-4-10)14(17)18;2-1(3)4/h1-8H;(H2,2,3,4). The van der Waals surface area contributed by atoms with Gasteiger partial charge in [-0.05, 0) is 35.4 Å². The van der Waals surface area contributed by atoms with E-state index >= 15 is 0 Å². The first-order valence-corrected chi connectivity index (χ1v) is 5.72. The molecule has 0 heterocycles. The number of carbonyl (C=O) groups is 1. The molecule has 0 atom stereocenters. The lowest BCUT2D eigenvalue weighted by molar-refractivity contribution is -0.385. The van der Waals surface area contributed by atoms with Crippen molar-refractivity contribution in [2.75, 3.05) is 0 Å². The third-order valence-corrected chi connectivity index (χ3v) is 2.49. The molecule has 0 bridgehead atoms. The Bertz CT molecular complexity index is 621. The third-order valence-electron chi connectivity index (χ3n) is 2.49. The monoisotopic (exact) mass is 306 g/mol. The predicted octanol–water partition coefficient (Wildman–Crippen LogP) is 3.39. The van der Waals surface area contributed by atoms with Gasteiger partial charge in [0.2, 0.25) is 0 Å². The van der Waals surface area contributed by atoms with E-state index in [1.165, 1.54) is 24.3 Å². The average molecular weight is 306 g/mol. The lowest BCUT2D eigenvalue weighted by Crippen LogP contribution is -1.88. The van der Waals surface area contributed by atoms with Crippen LogP contribution in [0.15, 0.2) is 48.5 Å². The molecule has 9 nitrogen and oxygen atoms in total. The number of carboxylic acid groups (broad SMARTS) is 2. The van der Waals surface area contributed by atoms with Gasteiger partial charge in [-0.1, -0.05) is 0 Å². The number of hydrogen-bond acceptors (Lipinski definition) is 5. The van der Waals surface area contributed by atoms with E-state index in [-0.39, 0.29) is 11.4 Å². The predicted molar refractivity (Wildman–Crippen MR) is 75.8 cm³/mol. The molecule has 114 valence electrons. The maximum absolute atomic E-state index is 10.5. The molecule has 0 saturated heterocycles. The van der Waals surface area contributed by atoms with Gasteiger partial charge >= 0.3 is 6.16 Å². The van der Waals surface area contributed by atoms with Crippen molar-refractivity contribution in [1.82, 2.24) is 0 Å². The van der Waals surface area contributed by atoms with E-state index in [9.17, 15) is 20.2 Å². The zero-order valence-corrected chi connectivity index (χ0v) is 10.9. The van der Waals surface area contributed by atoms with Crippen LogP contribution in [-0.4, -0.2) is 26.2 Å². The van der Waals surface area contributed by atoms with E-state index in [0.29, 0.717) is 0 Å². The number of rotatable bonds is 3. The van der Waals surface area contributed by atoms with E-state index in [0.717, 1.165) is 11.1 Å². The Morgan fingerprint density at radius 1 is 0.727 bits per heavy atom. The van der Waals surface area contributed by atoms with Crippen LogP contribution in [0.1, 0.15) is 0 Å². The normalized spacial score (nSPS) is 9.27. The minimum atomic E-state index is -1.83. The average Bonchev–Trinajstić information content (AvgIpc) is 2.47. The van der Waals surface area contributed by atoms with Crippen LogP contribution >= 0.6 is 0 Å². The molecule has 0 aliphatic carbocycles. The second-order valence-electron chi connectivity index (χ2n) is 3.89. The van der Waals surface area contributed by atoms with Crippen molar-refractivity contribution in [2.45, 2.75) is 0 Å². The fraction of sp³-hybridized carbons (Fsp3) is 0. The Hall–Kier alpha value is -3.49. The Kier molecular flexibility index (Phi) is 5.52. The summed E-state index contributed by atoms with van der Waals surface area (Å²) < 4.78 is 0. The summed E-state index contributed by atoms with van der Waals surface area (Å²) in [6.45, 7) is 0. The largest absolute Gasteiger partial charge is 0.503 e. The summed E-state index contributed by atoms with van der Waals surface area (Å²) in [5.41, 5.74) is 1.58. The van der Waals surface area contributed by atoms with Gasteiger partial charge in [0.1, 0.15) is 0 Å². The molecule has 2 aromatic carbocycles. The Morgan fingerprint density at radius 3 is 1.14 bits per heavy atom. The minimum Gasteiger partial charge on any atom is -0.450 e. The van der Waals surface area contributed by atoms with Gasteiger partial charge in [-0.3, -0.25) is 20.2 Å². The highest BCUT2D eigenvalue weighted by atomic mass is 16.6. The zero-order chi connectivity index (χ0) is 16.7. The van der Waals surface area contributed by atoms with Gasteiger partial charge < -0.3 is 10.2 Å². The first-order valence-electron chi connectivity index (χ1n) is 5.72. The van der Waals surface area contributed by atoms with Gasteiger partial charge in [-0.25, -0.2) is 4.79 Å². The second kappa shape index (κ2) is 7.33. The maximum Gasteiger partial charge on any atom is 0.503 e. The number of hydrogen-bond donors (Lipinski definition) is 2. The molecule has 2 rings (SSSR count). The first kappa shape index (κ1) is 16.6. The Labute approximate surface area is 123 Å². The molecule has 0 unspecified atom stereocenters. The molecule has 2 N–H and O–H groups in total. The SMILES string of the molecule is O=C(O)O.O=[N+]([O-])c1ccc(-c2ccc([N+](=O)[O-])cc2)cc1. The summed E-state index contributed by atoms with van der Waals surface area (Å²) in [6, 6.07) is 12.0. The van der Waals surface area contributed by atoms with Crippen molar-refractivity contribution < 1.29 is 24.9 Å². The number of nitro groups is 2. The number of nitrogens with zero attached hydrogens (tertiary/aromatic N) is 2. The number of nitro benzene ring substituents is 2. The fourth-order valence-electron chi connectivity index (χ4n) is 1.55. The lowest BCUT2D eigenvalue weighted by atomic mass is 10.1. The summed E-state index contributed by atoms with van der Waals surface area (Å²) in [5, 5.41) is 34.9. The quantitative estimate of drug-likeness (QED) is 0.653. The van der Waals surface area contributed by atoms with Crippen LogP contribution in [0.2, 0.25) is 0 Å². The topological polar surface area (TPSA) is 144 Å². The van der Waals surface area contributed by atoms with Gasteiger partial charge in [0, 0.05) is 24.3 Å². The smallest absolute Gasteiger partial charge is 0.450 e. The molecule has 22 heavy (non-hydrogen) atoms. The summed E-state index contributed by atoms with van der Waals surface area (Å²) in [5.74, 6) is 0. The van der Waals surface area contributed by atoms with Crippen LogP contribution < -0.4 is 0 Å². The molecule has 0 fully saturated rings. The van der Waals surface area contributed by atoms with E-state index in [1.807, 2.05) is 0 Å². The highest BCUT2D eigenvalue weighted by molar-refractivity contribution is 5.65. The van der Waals surface area contributed by atoms with Crippen molar-refractivity contribution in [3.8, 4) is 11.1 Å². The highest BCUT2D eigenvalue weighted by Crippen LogP contribution is 2.24. The summed E-state index contributed by atoms with van der Waals surface area (Å²) >= 11 is 0. The molecule has 0 aromatic heterocycles. The van der Waals surface area contributed by atoms with Crippen LogP contribution in [-0.2, 0) is 0 Å². The molecule has 2 aromatic rings. The molecule has 0 aliphatic rings. The van der Waals surface area contributed by atoms with Gasteiger partial charge in [0.25, 0.3) is 11.4 Å². The first-order chi connectivity index (χ1) is 10.3. The van der Waals surface area contributed by atoms with Crippen molar-refractivity contribution in [3.05, 3.63) is 68.8 Å². The van der Waals surface area contributed by atoms with Gasteiger partial charge in [-0.15, -0.1) is 0 Å². The lowest BCUT2D eigenvalue weighted by Gasteiger charge is -2.00. The van der Waals surface area contributed by atoms with Crippen LogP contribution in [0, 0.1) is 20.2 Å². The maximum atomic E-state index is 10.5. The van der Waals surface area contributed by atoms with Crippen LogP contribution in [0.5, 0.6) is 0 Å². The summed E-state index contributed by atoms with van der Waals surface area (Å²) in [4.78, 5) is 28.6. The Balaban J connectivity index is 0.000000541.